The second-order valence-electron chi connectivity index (χ2n) is 7.61. The van der Waals surface area contributed by atoms with Gasteiger partial charge in [0.15, 0.2) is 0 Å². The molecule has 3 amide bonds. The second kappa shape index (κ2) is 11.1. The number of ether oxygens (including phenoxy) is 1. The van der Waals surface area contributed by atoms with Gasteiger partial charge in [0.2, 0.25) is 5.91 Å². The second-order valence-corrected chi connectivity index (χ2v) is 7.61. The number of benzene rings is 2. The lowest BCUT2D eigenvalue weighted by Gasteiger charge is -2.36. The van der Waals surface area contributed by atoms with Crippen LogP contribution in [0.4, 0.5) is 16.2 Å². The molecule has 7 nitrogen and oxygen atoms in total. The zero-order chi connectivity index (χ0) is 22.1. The van der Waals surface area contributed by atoms with Crippen molar-refractivity contribution in [3.63, 3.8) is 0 Å². The summed E-state index contributed by atoms with van der Waals surface area (Å²) in [7, 11) is 0. The molecule has 0 atom stereocenters. The summed E-state index contributed by atoms with van der Waals surface area (Å²) < 4.78 is 5.58. The molecule has 1 aliphatic rings. The van der Waals surface area contributed by atoms with Gasteiger partial charge in [0.1, 0.15) is 12.4 Å². The molecule has 1 saturated heterocycles. The van der Waals surface area contributed by atoms with Crippen molar-refractivity contribution in [3.8, 4) is 5.75 Å². The lowest BCUT2D eigenvalue weighted by molar-refractivity contribution is -0.131. The van der Waals surface area contributed by atoms with Crippen LogP contribution in [0.15, 0.2) is 66.7 Å². The van der Waals surface area contributed by atoms with Crippen LogP contribution in [0, 0.1) is 0 Å². The van der Waals surface area contributed by atoms with E-state index in [0.717, 1.165) is 18.7 Å². The van der Waals surface area contributed by atoms with Gasteiger partial charge in [-0.15, -0.1) is 0 Å². The van der Waals surface area contributed by atoms with Crippen molar-refractivity contribution < 1.29 is 14.3 Å². The fraction of sp³-hybridized carbons (Fsp3) is 0.333. The van der Waals surface area contributed by atoms with Gasteiger partial charge in [-0.2, -0.15) is 0 Å². The molecule has 1 fully saturated rings. The molecule has 0 bridgehead atoms. The Morgan fingerprint density at radius 2 is 1.77 bits per heavy atom. The van der Waals surface area contributed by atoms with Gasteiger partial charge in [0.25, 0.3) is 0 Å². The maximum atomic E-state index is 12.5. The van der Waals surface area contributed by atoms with Crippen molar-refractivity contribution in [2.75, 3.05) is 49.5 Å². The van der Waals surface area contributed by atoms with Crippen LogP contribution in [0.5, 0.6) is 5.75 Å². The predicted octanol–water partition coefficient (Wildman–Crippen LogP) is 3.50. The van der Waals surface area contributed by atoms with Crippen molar-refractivity contribution in [1.82, 2.24) is 10.2 Å². The number of urea groups is 1. The number of piperazine rings is 1. The molecule has 0 unspecified atom stereocenters. The third kappa shape index (κ3) is 7.06. The number of para-hydroxylation sites is 1. The van der Waals surface area contributed by atoms with Crippen LogP contribution < -0.4 is 20.3 Å². The number of rotatable bonds is 8. The zero-order valence-corrected chi connectivity index (χ0v) is 18.0. The quantitative estimate of drug-likeness (QED) is 0.639. The van der Waals surface area contributed by atoms with Gasteiger partial charge < -0.3 is 25.2 Å². The van der Waals surface area contributed by atoms with Crippen LogP contribution in [-0.4, -0.2) is 56.2 Å². The lowest BCUT2D eigenvalue weighted by Crippen LogP contribution is -2.49. The van der Waals surface area contributed by atoms with E-state index in [2.05, 4.69) is 34.2 Å². The maximum Gasteiger partial charge on any atom is 0.319 e. The molecule has 31 heavy (non-hydrogen) atoms. The summed E-state index contributed by atoms with van der Waals surface area (Å²) in [6, 6.07) is 17.0. The third-order valence-electron chi connectivity index (χ3n) is 4.96. The van der Waals surface area contributed by atoms with E-state index in [0.29, 0.717) is 31.1 Å². The Balaban J connectivity index is 1.36. The Morgan fingerprint density at radius 3 is 2.48 bits per heavy atom. The summed E-state index contributed by atoms with van der Waals surface area (Å²) in [5.74, 6) is 0.717. The van der Waals surface area contributed by atoms with Gasteiger partial charge in [-0.3, -0.25) is 4.79 Å². The molecule has 2 aromatic rings. The number of anilines is 2. The first-order valence-corrected chi connectivity index (χ1v) is 10.5. The minimum Gasteiger partial charge on any atom is -0.489 e. The first-order chi connectivity index (χ1) is 15.0. The van der Waals surface area contributed by atoms with Crippen molar-refractivity contribution in [2.45, 2.75) is 13.3 Å². The summed E-state index contributed by atoms with van der Waals surface area (Å²) in [5.41, 5.74) is 2.73. The lowest BCUT2D eigenvalue weighted by atomic mass is 10.2. The van der Waals surface area contributed by atoms with E-state index in [1.54, 1.807) is 12.1 Å². The fourth-order valence-corrected chi connectivity index (χ4v) is 3.34. The molecular formula is C24H30N4O3. The van der Waals surface area contributed by atoms with E-state index in [9.17, 15) is 9.59 Å². The maximum absolute atomic E-state index is 12.5. The molecule has 2 N–H and O–H groups in total. The normalized spacial score (nSPS) is 13.5. The molecule has 0 saturated carbocycles. The Hall–Kier alpha value is -3.48. The Bertz CT molecular complexity index is 893. The number of amides is 3. The van der Waals surface area contributed by atoms with E-state index in [1.165, 1.54) is 5.69 Å². The van der Waals surface area contributed by atoms with Gasteiger partial charge in [-0.1, -0.05) is 30.8 Å². The third-order valence-corrected chi connectivity index (χ3v) is 4.96. The van der Waals surface area contributed by atoms with E-state index < -0.39 is 0 Å². The predicted molar refractivity (Wildman–Crippen MR) is 124 cm³/mol. The average molecular weight is 423 g/mol. The van der Waals surface area contributed by atoms with Crippen LogP contribution in [-0.2, 0) is 4.79 Å². The van der Waals surface area contributed by atoms with Crippen LogP contribution in [0.3, 0.4) is 0 Å². The van der Waals surface area contributed by atoms with Crippen molar-refractivity contribution >= 4 is 23.3 Å². The highest BCUT2D eigenvalue weighted by Crippen LogP contribution is 2.18. The van der Waals surface area contributed by atoms with Gasteiger partial charge in [-0.05, 0) is 36.8 Å². The summed E-state index contributed by atoms with van der Waals surface area (Å²) in [5, 5.41) is 5.51. The topological polar surface area (TPSA) is 73.9 Å². The van der Waals surface area contributed by atoms with Crippen molar-refractivity contribution in [3.05, 3.63) is 66.7 Å². The number of carbonyl (C=O) groups is 2. The highest BCUT2D eigenvalue weighted by molar-refractivity contribution is 5.89. The van der Waals surface area contributed by atoms with E-state index >= 15 is 0 Å². The molecule has 0 spiro atoms. The van der Waals surface area contributed by atoms with Crippen LogP contribution in [0.1, 0.15) is 13.3 Å². The number of nitrogens with one attached hydrogen (secondary N) is 2. The van der Waals surface area contributed by atoms with Gasteiger partial charge in [0, 0.05) is 56.6 Å². The Kier molecular flexibility index (Phi) is 7.92. The number of hydrogen-bond donors (Lipinski definition) is 2. The van der Waals surface area contributed by atoms with E-state index in [-0.39, 0.29) is 24.9 Å². The SMILES string of the molecule is C=C(C)COc1cccc(NC(=O)NCCC(=O)N2CCN(c3ccccc3)CC2)c1. The number of hydrogen-bond acceptors (Lipinski definition) is 4. The number of carbonyl (C=O) groups excluding carboxylic acids is 2. The molecule has 0 aromatic heterocycles. The number of nitrogens with zero attached hydrogens (tertiary/aromatic N) is 2. The summed E-state index contributed by atoms with van der Waals surface area (Å²) in [6.07, 6.45) is 0.278. The highest BCUT2D eigenvalue weighted by atomic mass is 16.5. The summed E-state index contributed by atoms with van der Waals surface area (Å²) >= 11 is 0. The average Bonchev–Trinajstić information content (AvgIpc) is 2.78. The van der Waals surface area contributed by atoms with Crippen LogP contribution in [0.25, 0.3) is 0 Å². The molecular weight excluding hydrogens is 392 g/mol. The first-order valence-electron chi connectivity index (χ1n) is 10.5. The van der Waals surface area contributed by atoms with Crippen LogP contribution in [0.2, 0.25) is 0 Å². The van der Waals surface area contributed by atoms with Crippen molar-refractivity contribution in [1.29, 1.82) is 0 Å². The molecule has 164 valence electrons. The first kappa shape index (κ1) is 22.2. The molecule has 1 heterocycles. The Labute approximate surface area is 183 Å². The van der Waals surface area contributed by atoms with Crippen LogP contribution >= 0.6 is 0 Å². The summed E-state index contributed by atoms with van der Waals surface area (Å²) in [4.78, 5) is 28.7. The van der Waals surface area contributed by atoms with Crippen molar-refractivity contribution in [2.24, 2.45) is 0 Å². The van der Waals surface area contributed by atoms with Gasteiger partial charge >= 0.3 is 6.03 Å². The zero-order valence-electron chi connectivity index (χ0n) is 18.0. The minimum atomic E-state index is -0.348. The molecule has 1 aliphatic heterocycles. The molecule has 2 aromatic carbocycles. The fourth-order valence-electron chi connectivity index (χ4n) is 3.34. The van der Waals surface area contributed by atoms with E-state index in [4.69, 9.17) is 4.74 Å². The monoisotopic (exact) mass is 422 g/mol. The Morgan fingerprint density at radius 1 is 1.03 bits per heavy atom. The molecule has 0 radical (unpaired) electrons. The largest absolute Gasteiger partial charge is 0.489 e. The highest BCUT2D eigenvalue weighted by Gasteiger charge is 2.21. The van der Waals surface area contributed by atoms with Gasteiger partial charge in [0.05, 0.1) is 0 Å². The molecule has 3 rings (SSSR count). The minimum absolute atomic E-state index is 0.0585. The smallest absolute Gasteiger partial charge is 0.319 e. The molecule has 0 aliphatic carbocycles. The van der Waals surface area contributed by atoms with Gasteiger partial charge in [-0.25, -0.2) is 4.79 Å². The van der Waals surface area contributed by atoms with E-state index in [1.807, 2.05) is 42.2 Å². The standard InChI is InChI=1S/C24H30N4O3/c1-19(2)18-31-22-10-6-7-20(17-22)26-24(30)25-12-11-23(29)28-15-13-27(14-16-28)21-8-4-3-5-9-21/h3-10,17H,1,11-16,18H2,2H3,(H2,25,26,30). The summed E-state index contributed by atoms with van der Waals surface area (Å²) in [6.45, 7) is 9.41. The molecule has 7 heteroatoms.